The van der Waals surface area contributed by atoms with E-state index >= 15 is 0 Å². The number of aromatic amines is 1. The normalized spacial score (nSPS) is 11.4. The molecule has 1 aromatic rings. The van der Waals surface area contributed by atoms with Gasteiger partial charge in [-0.1, -0.05) is 32.6 Å². The predicted molar refractivity (Wildman–Crippen MR) is 79.9 cm³/mol. The molecule has 1 N–H and O–H groups in total. The molecular weight excluding hydrogens is 222 g/mol. The summed E-state index contributed by atoms with van der Waals surface area (Å²) in [5.41, 5.74) is 2.10. The third kappa shape index (κ3) is 4.06. The van der Waals surface area contributed by atoms with Crippen molar-refractivity contribution in [2.75, 3.05) is 18.0 Å². The van der Waals surface area contributed by atoms with Crippen LogP contribution in [0.4, 0.5) is 5.95 Å². The van der Waals surface area contributed by atoms with Gasteiger partial charge in [0.1, 0.15) is 0 Å². The van der Waals surface area contributed by atoms with Crippen LogP contribution in [0.2, 0.25) is 0 Å². The molecule has 0 aliphatic heterocycles. The number of aromatic nitrogens is 2. The Bertz CT molecular complexity index is 402. The number of allylic oxidation sites excluding steroid dienone is 2. The summed E-state index contributed by atoms with van der Waals surface area (Å²) in [6, 6.07) is 0. The van der Waals surface area contributed by atoms with Gasteiger partial charge in [0.25, 0.3) is 0 Å². The predicted octanol–water partition coefficient (Wildman–Crippen LogP) is 3.79. The number of nitrogens with one attached hydrogen (secondary N) is 1. The summed E-state index contributed by atoms with van der Waals surface area (Å²) in [5, 5.41) is 0. The fourth-order valence-corrected chi connectivity index (χ4v) is 1.76. The topological polar surface area (TPSA) is 31.9 Å². The van der Waals surface area contributed by atoms with Gasteiger partial charge in [0.15, 0.2) is 0 Å². The molecule has 0 aliphatic rings. The largest absolute Gasteiger partial charge is 0.343 e. The third-order valence-electron chi connectivity index (χ3n) is 2.96. The van der Waals surface area contributed by atoms with Crippen LogP contribution in [0.3, 0.4) is 0 Å². The highest BCUT2D eigenvalue weighted by Crippen LogP contribution is 2.16. The second kappa shape index (κ2) is 7.04. The number of rotatable bonds is 7. The number of nitrogens with zero attached hydrogens (tertiary/aromatic N) is 2. The van der Waals surface area contributed by atoms with Crippen molar-refractivity contribution in [3.05, 3.63) is 30.1 Å². The maximum Gasteiger partial charge on any atom is 0.203 e. The Hall–Kier alpha value is -1.51. The molecule has 0 aliphatic carbocycles. The fourth-order valence-electron chi connectivity index (χ4n) is 1.76. The van der Waals surface area contributed by atoms with Gasteiger partial charge >= 0.3 is 0 Å². The van der Waals surface area contributed by atoms with Crippen molar-refractivity contribution >= 4 is 12.0 Å². The van der Waals surface area contributed by atoms with Crippen LogP contribution in [0, 0.1) is 12.8 Å². The standard InChI is InChI=1S/C15H25N3/c1-6-8-9-14-13(5)16-15(17-14)18(7-2)11-10-12(3)4/h6,8-9,12H,1,7,10-11H2,2-5H3,(H,16,17)/b9-8-. The van der Waals surface area contributed by atoms with Crippen LogP contribution in [-0.4, -0.2) is 23.1 Å². The minimum absolute atomic E-state index is 0.718. The zero-order valence-corrected chi connectivity index (χ0v) is 12.0. The monoisotopic (exact) mass is 247 g/mol. The van der Waals surface area contributed by atoms with Gasteiger partial charge in [-0.2, -0.15) is 0 Å². The Morgan fingerprint density at radius 3 is 2.72 bits per heavy atom. The SMILES string of the molecule is C=C/C=C\c1nc(N(CC)CCC(C)C)[nH]c1C. The Morgan fingerprint density at radius 1 is 1.44 bits per heavy atom. The van der Waals surface area contributed by atoms with Gasteiger partial charge < -0.3 is 9.88 Å². The van der Waals surface area contributed by atoms with Gasteiger partial charge in [-0.25, -0.2) is 4.98 Å². The highest BCUT2D eigenvalue weighted by atomic mass is 15.3. The lowest BCUT2D eigenvalue weighted by Crippen LogP contribution is -2.26. The first kappa shape index (κ1) is 14.6. The van der Waals surface area contributed by atoms with E-state index in [1.165, 1.54) is 6.42 Å². The van der Waals surface area contributed by atoms with Crippen LogP contribution in [0.5, 0.6) is 0 Å². The quantitative estimate of drug-likeness (QED) is 0.743. The van der Waals surface area contributed by atoms with Gasteiger partial charge in [0.2, 0.25) is 5.95 Å². The van der Waals surface area contributed by atoms with Crippen LogP contribution in [-0.2, 0) is 0 Å². The van der Waals surface area contributed by atoms with Crippen molar-refractivity contribution in [2.45, 2.75) is 34.1 Å². The van der Waals surface area contributed by atoms with E-state index < -0.39 is 0 Å². The van der Waals surface area contributed by atoms with E-state index in [4.69, 9.17) is 0 Å². The molecule has 0 amide bonds. The van der Waals surface area contributed by atoms with E-state index in [-0.39, 0.29) is 0 Å². The Labute approximate surface area is 111 Å². The summed E-state index contributed by atoms with van der Waals surface area (Å²) in [6.07, 6.45) is 6.85. The molecule has 0 unspecified atom stereocenters. The van der Waals surface area contributed by atoms with E-state index in [0.717, 1.165) is 36.3 Å². The van der Waals surface area contributed by atoms with Crippen LogP contribution in [0.1, 0.15) is 38.6 Å². The Balaban J connectivity index is 2.80. The first-order valence-corrected chi connectivity index (χ1v) is 6.69. The number of imidazole rings is 1. The average molecular weight is 247 g/mol. The Kier molecular flexibility index (Phi) is 5.69. The molecule has 0 saturated heterocycles. The second-order valence-electron chi connectivity index (χ2n) is 4.93. The van der Waals surface area contributed by atoms with E-state index in [0.29, 0.717) is 0 Å². The van der Waals surface area contributed by atoms with Gasteiger partial charge in [0.05, 0.1) is 5.69 Å². The van der Waals surface area contributed by atoms with Gasteiger partial charge in [-0.15, -0.1) is 0 Å². The lowest BCUT2D eigenvalue weighted by atomic mass is 10.1. The van der Waals surface area contributed by atoms with Crippen LogP contribution >= 0.6 is 0 Å². The van der Waals surface area contributed by atoms with E-state index in [2.05, 4.69) is 49.1 Å². The molecule has 18 heavy (non-hydrogen) atoms. The summed E-state index contributed by atoms with van der Waals surface area (Å²) >= 11 is 0. The molecule has 1 heterocycles. The molecule has 3 heteroatoms. The zero-order chi connectivity index (χ0) is 13.5. The number of hydrogen-bond donors (Lipinski definition) is 1. The second-order valence-corrected chi connectivity index (χ2v) is 4.93. The molecule has 3 nitrogen and oxygen atoms in total. The maximum atomic E-state index is 4.63. The van der Waals surface area contributed by atoms with Crippen molar-refractivity contribution < 1.29 is 0 Å². The third-order valence-corrected chi connectivity index (χ3v) is 2.96. The average Bonchev–Trinajstić information content (AvgIpc) is 2.68. The lowest BCUT2D eigenvalue weighted by molar-refractivity contribution is 0.572. The van der Waals surface area contributed by atoms with Crippen molar-refractivity contribution in [1.29, 1.82) is 0 Å². The number of H-pyrrole nitrogens is 1. The van der Waals surface area contributed by atoms with E-state index in [1.54, 1.807) is 6.08 Å². The molecule has 0 spiro atoms. The summed E-state index contributed by atoms with van der Waals surface area (Å²) in [5.74, 6) is 1.69. The molecular formula is C15H25N3. The zero-order valence-electron chi connectivity index (χ0n) is 12.0. The summed E-state index contributed by atoms with van der Waals surface area (Å²) in [4.78, 5) is 10.3. The summed E-state index contributed by atoms with van der Waals surface area (Å²) in [7, 11) is 0. The first-order chi connectivity index (χ1) is 8.58. The molecule has 1 aromatic heterocycles. The summed E-state index contributed by atoms with van der Waals surface area (Å²) < 4.78 is 0. The molecule has 0 fully saturated rings. The van der Waals surface area contributed by atoms with Crippen molar-refractivity contribution in [3.8, 4) is 0 Å². The number of aryl methyl sites for hydroxylation is 1. The van der Waals surface area contributed by atoms with Gasteiger partial charge in [-0.05, 0) is 32.3 Å². The van der Waals surface area contributed by atoms with Crippen LogP contribution in [0.15, 0.2) is 18.7 Å². The number of hydrogen-bond acceptors (Lipinski definition) is 2. The van der Waals surface area contributed by atoms with E-state index in [1.807, 2.05) is 12.2 Å². The highest BCUT2D eigenvalue weighted by Gasteiger charge is 2.11. The van der Waals surface area contributed by atoms with Crippen molar-refractivity contribution in [3.63, 3.8) is 0 Å². The fraction of sp³-hybridized carbons (Fsp3) is 0.533. The molecule has 0 atom stereocenters. The van der Waals surface area contributed by atoms with Crippen molar-refractivity contribution in [2.24, 2.45) is 5.92 Å². The van der Waals surface area contributed by atoms with Gasteiger partial charge in [0, 0.05) is 18.8 Å². The smallest absolute Gasteiger partial charge is 0.203 e. The van der Waals surface area contributed by atoms with Gasteiger partial charge in [-0.3, -0.25) is 0 Å². The lowest BCUT2D eigenvalue weighted by Gasteiger charge is -2.20. The van der Waals surface area contributed by atoms with Crippen LogP contribution < -0.4 is 4.90 Å². The molecule has 0 radical (unpaired) electrons. The molecule has 1 rings (SSSR count). The summed E-state index contributed by atoms with van der Waals surface area (Å²) in [6.45, 7) is 14.4. The molecule has 0 saturated carbocycles. The first-order valence-electron chi connectivity index (χ1n) is 6.69. The molecule has 100 valence electrons. The maximum absolute atomic E-state index is 4.63. The van der Waals surface area contributed by atoms with Crippen molar-refractivity contribution in [1.82, 2.24) is 9.97 Å². The highest BCUT2D eigenvalue weighted by molar-refractivity contribution is 5.52. The van der Waals surface area contributed by atoms with Crippen LogP contribution in [0.25, 0.3) is 6.08 Å². The Morgan fingerprint density at radius 2 is 2.17 bits per heavy atom. The number of anilines is 1. The molecule has 0 aromatic carbocycles. The van der Waals surface area contributed by atoms with E-state index in [9.17, 15) is 0 Å². The minimum Gasteiger partial charge on any atom is -0.343 e. The molecule has 0 bridgehead atoms. The minimum atomic E-state index is 0.718.